The largest absolute Gasteiger partial charge is 0.356 e. The number of hydrogen-bond acceptors (Lipinski definition) is 5. The molecule has 1 saturated heterocycles. The lowest BCUT2D eigenvalue weighted by molar-refractivity contribution is 0.600. The summed E-state index contributed by atoms with van der Waals surface area (Å²) in [5.74, 6) is 1.33. The van der Waals surface area contributed by atoms with Gasteiger partial charge in [-0.05, 0) is 31.0 Å². The van der Waals surface area contributed by atoms with Crippen LogP contribution in [0.4, 0.5) is 5.82 Å². The SMILES string of the molecule is CN(c1ccc(CCN)cn1)C1CCS(=O)(=O)C1. The van der Waals surface area contributed by atoms with Gasteiger partial charge >= 0.3 is 0 Å². The summed E-state index contributed by atoms with van der Waals surface area (Å²) < 4.78 is 22.9. The van der Waals surface area contributed by atoms with Gasteiger partial charge in [-0.1, -0.05) is 6.07 Å². The molecule has 2 rings (SSSR count). The highest BCUT2D eigenvalue weighted by Gasteiger charge is 2.31. The maximum atomic E-state index is 11.5. The molecule has 1 aliphatic heterocycles. The van der Waals surface area contributed by atoms with Crippen LogP contribution in [0.1, 0.15) is 12.0 Å². The molecule has 1 atom stereocenters. The van der Waals surface area contributed by atoms with Gasteiger partial charge in [0.05, 0.1) is 11.5 Å². The number of sulfone groups is 1. The molecule has 1 aromatic rings. The first kappa shape index (κ1) is 13.3. The monoisotopic (exact) mass is 269 g/mol. The smallest absolute Gasteiger partial charge is 0.152 e. The Balaban J connectivity index is 2.07. The van der Waals surface area contributed by atoms with E-state index in [9.17, 15) is 8.42 Å². The zero-order valence-electron chi connectivity index (χ0n) is 10.5. The van der Waals surface area contributed by atoms with E-state index in [1.807, 2.05) is 30.3 Å². The van der Waals surface area contributed by atoms with Crippen LogP contribution in [0, 0.1) is 0 Å². The maximum absolute atomic E-state index is 11.5. The van der Waals surface area contributed by atoms with Crippen molar-refractivity contribution in [2.24, 2.45) is 5.73 Å². The van der Waals surface area contributed by atoms with Crippen molar-refractivity contribution in [1.82, 2.24) is 4.98 Å². The Kier molecular flexibility index (Phi) is 3.87. The molecule has 6 heteroatoms. The van der Waals surface area contributed by atoms with Crippen LogP contribution in [0.15, 0.2) is 18.3 Å². The molecule has 2 N–H and O–H groups in total. The van der Waals surface area contributed by atoms with E-state index < -0.39 is 9.84 Å². The second-order valence-corrected chi connectivity index (χ2v) is 6.96. The second-order valence-electron chi connectivity index (χ2n) is 4.73. The zero-order valence-corrected chi connectivity index (χ0v) is 11.4. The summed E-state index contributed by atoms with van der Waals surface area (Å²) >= 11 is 0. The van der Waals surface area contributed by atoms with Crippen molar-refractivity contribution in [3.8, 4) is 0 Å². The molecular weight excluding hydrogens is 250 g/mol. The first-order valence-electron chi connectivity index (χ1n) is 6.10. The van der Waals surface area contributed by atoms with Gasteiger partial charge in [0.1, 0.15) is 5.82 Å². The zero-order chi connectivity index (χ0) is 13.2. The first-order valence-corrected chi connectivity index (χ1v) is 7.92. The summed E-state index contributed by atoms with van der Waals surface area (Å²) in [6.07, 6.45) is 3.31. The molecule has 1 aliphatic rings. The van der Waals surface area contributed by atoms with Crippen LogP contribution in [0.25, 0.3) is 0 Å². The van der Waals surface area contributed by atoms with Crippen LogP contribution in [0.2, 0.25) is 0 Å². The van der Waals surface area contributed by atoms with Crippen molar-refractivity contribution in [3.63, 3.8) is 0 Å². The fraction of sp³-hybridized carbons (Fsp3) is 0.583. The standard InChI is InChI=1S/C12H19N3O2S/c1-15(11-5-7-18(16,17)9-11)12-3-2-10(4-6-13)8-14-12/h2-3,8,11H,4-7,9,13H2,1H3. The highest BCUT2D eigenvalue weighted by molar-refractivity contribution is 7.91. The predicted molar refractivity (Wildman–Crippen MR) is 72.5 cm³/mol. The van der Waals surface area contributed by atoms with E-state index in [4.69, 9.17) is 5.73 Å². The number of pyridine rings is 1. The van der Waals surface area contributed by atoms with Gasteiger partial charge in [0.25, 0.3) is 0 Å². The molecular formula is C12H19N3O2S. The lowest BCUT2D eigenvalue weighted by Crippen LogP contribution is -2.33. The number of anilines is 1. The normalized spacial score (nSPS) is 22.0. The predicted octanol–water partition coefficient (Wildman–Crippen LogP) is 0.206. The lowest BCUT2D eigenvalue weighted by atomic mass is 10.2. The Hall–Kier alpha value is -1.14. The number of hydrogen-bond donors (Lipinski definition) is 1. The van der Waals surface area contributed by atoms with Crippen molar-refractivity contribution >= 4 is 15.7 Å². The number of nitrogens with zero attached hydrogens (tertiary/aromatic N) is 2. The average Bonchev–Trinajstić information content (AvgIpc) is 2.70. The fourth-order valence-corrected chi connectivity index (χ4v) is 3.98. The van der Waals surface area contributed by atoms with Crippen molar-refractivity contribution in [2.75, 3.05) is 30.0 Å². The molecule has 2 heterocycles. The Bertz CT molecular complexity index is 499. The van der Waals surface area contributed by atoms with Gasteiger partial charge in [-0.3, -0.25) is 0 Å². The Morgan fingerprint density at radius 2 is 2.28 bits per heavy atom. The highest BCUT2D eigenvalue weighted by Crippen LogP contribution is 2.21. The van der Waals surface area contributed by atoms with Gasteiger partial charge in [0, 0.05) is 19.3 Å². The Morgan fingerprint density at radius 1 is 1.50 bits per heavy atom. The van der Waals surface area contributed by atoms with E-state index in [1.165, 1.54) is 0 Å². The third-order valence-electron chi connectivity index (χ3n) is 3.36. The molecule has 100 valence electrons. The van der Waals surface area contributed by atoms with Gasteiger partial charge in [0.15, 0.2) is 9.84 Å². The minimum absolute atomic E-state index is 0.0443. The van der Waals surface area contributed by atoms with Crippen LogP contribution in [0.5, 0.6) is 0 Å². The van der Waals surface area contributed by atoms with Crippen LogP contribution >= 0.6 is 0 Å². The minimum atomic E-state index is -2.85. The quantitative estimate of drug-likeness (QED) is 0.845. The highest BCUT2D eigenvalue weighted by atomic mass is 32.2. The molecule has 0 aromatic carbocycles. The lowest BCUT2D eigenvalue weighted by Gasteiger charge is -2.24. The van der Waals surface area contributed by atoms with E-state index in [-0.39, 0.29) is 17.5 Å². The molecule has 0 aliphatic carbocycles. The van der Waals surface area contributed by atoms with Gasteiger partial charge in [0.2, 0.25) is 0 Å². The summed E-state index contributed by atoms with van der Waals surface area (Å²) in [6.45, 7) is 0.609. The molecule has 5 nitrogen and oxygen atoms in total. The molecule has 1 fully saturated rings. The molecule has 18 heavy (non-hydrogen) atoms. The van der Waals surface area contributed by atoms with Gasteiger partial charge in [-0.2, -0.15) is 0 Å². The molecule has 1 aromatic heterocycles. The van der Waals surface area contributed by atoms with E-state index >= 15 is 0 Å². The first-order chi connectivity index (χ1) is 8.52. The molecule has 0 spiro atoms. The molecule has 0 saturated carbocycles. The molecule has 0 radical (unpaired) electrons. The Labute approximate surface area is 108 Å². The summed E-state index contributed by atoms with van der Waals surface area (Å²) in [6, 6.07) is 3.97. The molecule has 0 bridgehead atoms. The summed E-state index contributed by atoms with van der Waals surface area (Å²) in [4.78, 5) is 6.32. The summed E-state index contributed by atoms with van der Waals surface area (Å²) in [5, 5.41) is 0. The van der Waals surface area contributed by atoms with Crippen molar-refractivity contribution in [3.05, 3.63) is 23.9 Å². The van der Waals surface area contributed by atoms with Crippen LogP contribution in [0.3, 0.4) is 0 Å². The van der Waals surface area contributed by atoms with Crippen molar-refractivity contribution in [2.45, 2.75) is 18.9 Å². The third kappa shape index (κ3) is 3.00. The number of aromatic nitrogens is 1. The number of nitrogens with two attached hydrogens (primary N) is 1. The van der Waals surface area contributed by atoms with E-state index in [0.29, 0.717) is 13.0 Å². The Morgan fingerprint density at radius 3 is 2.78 bits per heavy atom. The van der Waals surface area contributed by atoms with Crippen LogP contribution in [-0.4, -0.2) is 44.5 Å². The van der Waals surface area contributed by atoms with Crippen LogP contribution < -0.4 is 10.6 Å². The van der Waals surface area contributed by atoms with Gasteiger partial charge in [-0.15, -0.1) is 0 Å². The topological polar surface area (TPSA) is 76.3 Å². The molecule has 0 amide bonds. The average molecular weight is 269 g/mol. The van der Waals surface area contributed by atoms with Gasteiger partial charge in [-0.25, -0.2) is 13.4 Å². The third-order valence-corrected chi connectivity index (χ3v) is 5.11. The fourth-order valence-electron chi connectivity index (χ4n) is 2.21. The maximum Gasteiger partial charge on any atom is 0.152 e. The summed E-state index contributed by atoms with van der Waals surface area (Å²) in [7, 11) is -0.952. The second kappa shape index (κ2) is 5.24. The van der Waals surface area contributed by atoms with E-state index in [0.717, 1.165) is 17.8 Å². The van der Waals surface area contributed by atoms with Crippen LogP contribution in [-0.2, 0) is 16.3 Å². The van der Waals surface area contributed by atoms with E-state index in [2.05, 4.69) is 4.98 Å². The van der Waals surface area contributed by atoms with Gasteiger partial charge < -0.3 is 10.6 Å². The number of rotatable bonds is 4. The van der Waals surface area contributed by atoms with E-state index in [1.54, 1.807) is 0 Å². The molecule has 1 unspecified atom stereocenters. The minimum Gasteiger partial charge on any atom is -0.356 e. The summed E-state index contributed by atoms with van der Waals surface area (Å²) in [5.41, 5.74) is 6.59. The van der Waals surface area contributed by atoms with Crippen molar-refractivity contribution < 1.29 is 8.42 Å². The van der Waals surface area contributed by atoms with Crippen molar-refractivity contribution in [1.29, 1.82) is 0 Å².